The van der Waals surface area contributed by atoms with Crippen LogP contribution in [0.4, 0.5) is 0 Å². The highest BCUT2D eigenvalue weighted by atomic mass is 16.5. The molecular weight excluding hydrogens is 1640 g/mol. The molecule has 5 aromatic carbocycles. The number of carboxylic acid groups (broad SMARTS) is 5. The normalized spacial score (nSPS) is 16.0. The van der Waals surface area contributed by atoms with E-state index in [0.29, 0.717) is 119 Å². The summed E-state index contributed by atoms with van der Waals surface area (Å²) in [6.45, 7) is 10.7. The molecule has 5 atom stereocenters. The molecule has 0 bridgehead atoms. The number of hydrogen-bond acceptors (Lipinski definition) is 21. The number of carbonyl (C=O) groups excluding carboxylic acids is 2. The zero-order valence-electron chi connectivity index (χ0n) is 73.5. The number of aliphatic carboxylic acids is 5. The summed E-state index contributed by atoms with van der Waals surface area (Å²) in [4.78, 5) is 128. The second-order valence-corrected chi connectivity index (χ2v) is 33.4. The highest BCUT2D eigenvalue weighted by Gasteiger charge is 2.30. The van der Waals surface area contributed by atoms with E-state index in [2.05, 4.69) is 30.4 Å². The van der Waals surface area contributed by atoms with Gasteiger partial charge in [0.05, 0.1) is 12.2 Å². The summed E-state index contributed by atoms with van der Waals surface area (Å²) in [6.07, 6.45) is 34.8. The first kappa shape index (κ1) is 95.8. The quantitative estimate of drug-likeness (QED) is 0.0153. The number of Topliss-reactive ketones (excluding diaryl/α,β-unsaturated/α-hetero) is 2. The van der Waals surface area contributed by atoms with Crippen LogP contribution >= 0.6 is 0 Å². The number of aryl methyl sites for hydroxylation is 4. The van der Waals surface area contributed by atoms with Gasteiger partial charge in [0.2, 0.25) is 0 Å². The van der Waals surface area contributed by atoms with Gasteiger partial charge in [-0.1, -0.05) is 58.2 Å². The van der Waals surface area contributed by atoms with Crippen molar-refractivity contribution in [1.29, 1.82) is 0 Å². The van der Waals surface area contributed by atoms with Gasteiger partial charge in [0.15, 0.2) is 47.7 Å². The van der Waals surface area contributed by atoms with Crippen LogP contribution in [0.15, 0.2) is 198 Å². The van der Waals surface area contributed by atoms with E-state index in [0.717, 1.165) is 129 Å². The van der Waals surface area contributed by atoms with Crippen molar-refractivity contribution >= 4 is 85.3 Å². The number of ether oxygens (including phenoxy) is 6. The molecule has 0 spiro atoms. The molecule has 678 valence electrons. The smallest absolute Gasteiger partial charge is 0.344 e. The number of carboxylic acids is 5. The zero-order chi connectivity index (χ0) is 91.5. The van der Waals surface area contributed by atoms with Crippen molar-refractivity contribution in [3.63, 3.8) is 0 Å². The first-order chi connectivity index (χ1) is 61.5. The Kier molecular flexibility index (Phi) is 34.8. The second kappa shape index (κ2) is 46.6. The summed E-state index contributed by atoms with van der Waals surface area (Å²) < 4.78 is 54.8. The van der Waals surface area contributed by atoms with Gasteiger partial charge in [-0.25, -0.2) is 43.2 Å². The number of benzene rings is 5. The molecule has 5 unspecified atom stereocenters. The topological polar surface area (TPSA) is 397 Å². The number of ketones is 2. The van der Waals surface area contributed by atoms with Crippen LogP contribution in [0.3, 0.4) is 0 Å². The molecule has 5 heterocycles. The number of hydrogen-bond donors (Lipinski definition) is 5. The molecule has 5 N–H and O–H groups in total. The summed E-state index contributed by atoms with van der Waals surface area (Å²) >= 11 is 0. The van der Waals surface area contributed by atoms with Crippen LogP contribution in [0.2, 0.25) is 0 Å². The molecule has 0 saturated heterocycles. The molecule has 0 radical (unpaired) electrons. The SMILES string of the molecule is CC(=O)c1c(OC(CCC2=CCCCC2)C(=O)O)ccc2c(C)cc(=O)oc12.Cc1c(C)c2ccc(OC(CCC3=CCCCC3)C(=O)O)cc2oc1=O.Cc1cc(=O)oc2cc(OC(CCC3=CCCCC3)C(=O)O)ccc12.Cc1cc(=O)oc2ccc(OC(CCC3=CCCCC3)C(=O)O)cc12.O=C1CCOc2cc(OC(CCC3=CCCCC3)C(=O)O)ccc21. The molecule has 15 rings (SSSR count). The van der Waals surface area contributed by atoms with Gasteiger partial charge < -0.3 is 71.6 Å². The fourth-order valence-electron chi connectivity index (χ4n) is 16.6. The molecule has 1 aliphatic heterocycles. The molecular formula is C102H114O26. The predicted molar refractivity (Wildman–Crippen MR) is 484 cm³/mol. The maximum Gasteiger partial charge on any atom is 0.344 e. The van der Waals surface area contributed by atoms with Gasteiger partial charge in [0, 0.05) is 69.9 Å². The Balaban J connectivity index is 0.000000155. The number of carbonyl (C=O) groups is 7. The van der Waals surface area contributed by atoms with Crippen LogP contribution in [-0.2, 0) is 24.0 Å². The first-order valence-electron chi connectivity index (χ1n) is 44.4. The van der Waals surface area contributed by atoms with Crippen molar-refractivity contribution in [2.24, 2.45) is 0 Å². The number of fused-ring (bicyclic) bond motifs is 5. The molecule has 26 heteroatoms. The summed E-state index contributed by atoms with van der Waals surface area (Å²) in [7, 11) is 0. The highest BCUT2D eigenvalue weighted by Crippen LogP contribution is 2.37. The van der Waals surface area contributed by atoms with Gasteiger partial charge in [-0.3, -0.25) is 9.59 Å². The van der Waals surface area contributed by atoms with Crippen molar-refractivity contribution < 1.29 is 105 Å². The third kappa shape index (κ3) is 27.6. The monoisotopic (exact) mass is 1750 g/mol. The molecule has 0 fully saturated rings. The average Bonchev–Trinajstić information content (AvgIpc) is 0.778. The van der Waals surface area contributed by atoms with E-state index in [-0.39, 0.29) is 34.1 Å². The van der Waals surface area contributed by atoms with Crippen LogP contribution in [0.1, 0.15) is 255 Å². The Morgan fingerprint density at radius 2 is 0.711 bits per heavy atom. The third-order valence-electron chi connectivity index (χ3n) is 23.9. The van der Waals surface area contributed by atoms with Gasteiger partial charge in [-0.15, -0.1) is 0 Å². The largest absolute Gasteiger partial charge is 0.492 e. The number of rotatable bonds is 31. The second-order valence-electron chi connectivity index (χ2n) is 33.4. The molecule has 128 heavy (non-hydrogen) atoms. The lowest BCUT2D eigenvalue weighted by Crippen LogP contribution is -2.28. The van der Waals surface area contributed by atoms with Crippen molar-refractivity contribution in [1.82, 2.24) is 0 Å². The van der Waals surface area contributed by atoms with Gasteiger partial charge in [-0.2, -0.15) is 0 Å². The van der Waals surface area contributed by atoms with Crippen LogP contribution in [0.5, 0.6) is 34.5 Å². The van der Waals surface area contributed by atoms with Crippen LogP contribution in [0.25, 0.3) is 43.9 Å². The lowest BCUT2D eigenvalue weighted by atomic mass is 9.95. The van der Waals surface area contributed by atoms with E-state index in [4.69, 9.17) is 46.1 Å². The molecule has 4 aromatic heterocycles. The maximum absolute atomic E-state index is 12.3. The van der Waals surface area contributed by atoms with Gasteiger partial charge in [0.1, 0.15) is 56.8 Å². The van der Waals surface area contributed by atoms with E-state index in [1.165, 1.54) is 111 Å². The number of allylic oxidation sites excluding steroid dienone is 10. The predicted octanol–water partition coefficient (Wildman–Crippen LogP) is 21.1. The van der Waals surface area contributed by atoms with Gasteiger partial charge >= 0.3 is 52.3 Å². The Labute approximate surface area is 740 Å². The standard InChI is InChI=1S/C22H24O6.C21H24O5.2C20H22O5.C19H22O5/c1-13-12-19(24)28-21-16(13)9-11-17(20(21)14(2)23)27-18(22(25)26)10-8-15-6-4-3-5-7-15;1-13-14(2)21(24)26-19-12-16(9-10-17(13)19)25-18(20(22)23)11-8-15-6-4-3-5-7-15;1-13-11-19(21)25-18-12-15(8-9-16(13)18)24-17(20(22)23)10-7-14-5-3-2-4-6-14;1-13-11-19(21)25-17-10-8-15(12-16(13)17)24-18(20(22)23)9-7-14-5-3-2-4-6-14;20-16-10-11-23-18-12-14(7-8-15(16)18)24-17(19(21)22)9-6-13-4-2-1-3-5-13/h6,9,11-12,18H,3-5,7-8,10H2,1-2H3,(H,25,26);6,9-10,12,18H,3-5,7-8,11H2,1-2H3,(H,22,23);5,8-9,11-12,17H,2-4,6-7,10H2,1H3,(H,22,23);5,8,10-12,18H,2-4,6-7,9H2,1H3,(H,22,23);4,7-8,12,17H,1-3,5-6,9-11H2,(H,21,22). The summed E-state index contributed by atoms with van der Waals surface area (Å²) in [5, 5.41) is 50.4. The van der Waals surface area contributed by atoms with E-state index in [1.807, 2.05) is 20.8 Å². The average molecular weight is 1760 g/mol. The first-order valence-corrected chi connectivity index (χ1v) is 44.4. The molecule has 0 amide bonds. The van der Waals surface area contributed by atoms with E-state index < -0.39 is 77.2 Å². The van der Waals surface area contributed by atoms with Crippen LogP contribution < -0.4 is 50.9 Å². The molecule has 6 aliphatic rings. The Bertz CT molecular complexity index is 5960. The molecule has 26 nitrogen and oxygen atoms in total. The zero-order valence-corrected chi connectivity index (χ0v) is 73.5. The minimum atomic E-state index is -1.09. The minimum Gasteiger partial charge on any atom is -0.492 e. The fraction of sp³-hybridized carbons (Fsp3) is 0.422. The van der Waals surface area contributed by atoms with Gasteiger partial charge in [0.25, 0.3) is 0 Å². The fourth-order valence-corrected chi connectivity index (χ4v) is 16.6. The van der Waals surface area contributed by atoms with Crippen molar-refractivity contribution in [3.05, 3.63) is 242 Å². The molecule has 5 aliphatic carbocycles. The lowest BCUT2D eigenvalue weighted by Gasteiger charge is -2.20. The summed E-state index contributed by atoms with van der Waals surface area (Å²) in [5.41, 5.74) is 10.5. The Hall–Kier alpha value is -12.9. The van der Waals surface area contributed by atoms with E-state index in [1.54, 1.807) is 98.8 Å². The highest BCUT2D eigenvalue weighted by molar-refractivity contribution is 6.08. The van der Waals surface area contributed by atoms with Crippen LogP contribution in [0, 0.1) is 34.6 Å². The van der Waals surface area contributed by atoms with E-state index >= 15 is 0 Å². The summed E-state index contributed by atoms with van der Waals surface area (Å²) in [6, 6.07) is 27.6. The van der Waals surface area contributed by atoms with Gasteiger partial charge in [-0.05, 0) is 323 Å². The van der Waals surface area contributed by atoms with Crippen molar-refractivity contribution in [2.45, 2.75) is 271 Å². The molecule has 0 saturated carbocycles. The van der Waals surface area contributed by atoms with Crippen LogP contribution in [-0.4, -0.2) is 104 Å². The third-order valence-corrected chi connectivity index (χ3v) is 23.9. The lowest BCUT2D eigenvalue weighted by molar-refractivity contribution is -0.146. The maximum atomic E-state index is 12.3. The molecule has 9 aromatic rings. The summed E-state index contributed by atoms with van der Waals surface area (Å²) in [5.74, 6) is -3.02. The van der Waals surface area contributed by atoms with Crippen molar-refractivity contribution in [3.8, 4) is 34.5 Å². The van der Waals surface area contributed by atoms with Crippen molar-refractivity contribution in [2.75, 3.05) is 6.61 Å². The van der Waals surface area contributed by atoms with E-state index in [9.17, 15) is 78.3 Å². The minimum absolute atomic E-state index is 0.0434. The Morgan fingerprint density at radius 3 is 1.13 bits per heavy atom. The Morgan fingerprint density at radius 1 is 0.352 bits per heavy atom.